The van der Waals surface area contributed by atoms with Crippen molar-refractivity contribution in [3.8, 4) is 0 Å². The molecule has 0 spiro atoms. The Kier molecular flexibility index (Phi) is 2.99. The third kappa shape index (κ3) is 2.57. The van der Waals surface area contributed by atoms with Crippen molar-refractivity contribution in [2.24, 2.45) is 0 Å². The molecule has 0 saturated heterocycles. The molecule has 0 unspecified atom stereocenters. The summed E-state index contributed by atoms with van der Waals surface area (Å²) in [6, 6.07) is 7.68. The fourth-order valence-corrected chi connectivity index (χ4v) is 1.36. The third-order valence-electron chi connectivity index (χ3n) is 2.12. The van der Waals surface area contributed by atoms with E-state index in [-0.39, 0.29) is 6.61 Å². The molecule has 0 aliphatic heterocycles. The van der Waals surface area contributed by atoms with Crippen molar-refractivity contribution in [2.45, 2.75) is 13.2 Å². The van der Waals surface area contributed by atoms with E-state index in [9.17, 15) is 0 Å². The molecule has 78 valence electrons. The normalized spacial score (nSPS) is 10.2. The molecule has 0 radical (unpaired) electrons. The van der Waals surface area contributed by atoms with Gasteiger partial charge in [-0.1, -0.05) is 12.1 Å². The number of aromatic amines is 1. The van der Waals surface area contributed by atoms with E-state index >= 15 is 0 Å². The Bertz CT molecular complexity index is 412. The number of hydrogen-bond donors (Lipinski definition) is 3. The van der Waals surface area contributed by atoms with Crippen molar-refractivity contribution in [1.82, 2.24) is 9.97 Å². The van der Waals surface area contributed by atoms with E-state index in [1.807, 2.05) is 24.3 Å². The average Bonchev–Trinajstić information content (AvgIpc) is 2.79. The first kappa shape index (κ1) is 9.73. The van der Waals surface area contributed by atoms with Crippen molar-refractivity contribution in [2.75, 3.05) is 5.32 Å². The maximum atomic E-state index is 8.97. The van der Waals surface area contributed by atoms with Crippen LogP contribution in [0.2, 0.25) is 0 Å². The summed E-state index contributed by atoms with van der Waals surface area (Å²) in [6.07, 6.45) is 3.52. The lowest BCUT2D eigenvalue weighted by Crippen LogP contribution is -2.01. The number of anilines is 1. The van der Waals surface area contributed by atoms with E-state index in [0.29, 0.717) is 6.54 Å². The van der Waals surface area contributed by atoms with Gasteiger partial charge in [-0.05, 0) is 17.7 Å². The zero-order chi connectivity index (χ0) is 10.5. The average molecular weight is 203 g/mol. The molecule has 1 aromatic carbocycles. The largest absolute Gasteiger partial charge is 0.392 e. The quantitative estimate of drug-likeness (QED) is 0.706. The predicted molar refractivity (Wildman–Crippen MR) is 58.3 cm³/mol. The molecule has 0 aliphatic carbocycles. The molecule has 0 saturated carbocycles. The second-order valence-electron chi connectivity index (χ2n) is 3.25. The summed E-state index contributed by atoms with van der Waals surface area (Å²) >= 11 is 0. The summed E-state index contributed by atoms with van der Waals surface area (Å²) in [7, 11) is 0. The number of aromatic nitrogens is 2. The monoisotopic (exact) mass is 203 g/mol. The van der Waals surface area contributed by atoms with Crippen molar-refractivity contribution < 1.29 is 5.11 Å². The molecule has 0 atom stereocenters. The number of aliphatic hydroxyl groups excluding tert-OH is 1. The van der Waals surface area contributed by atoms with Crippen molar-refractivity contribution in [1.29, 1.82) is 0 Å². The number of nitrogens with zero attached hydrogens (tertiary/aromatic N) is 1. The topological polar surface area (TPSA) is 60.9 Å². The summed E-state index contributed by atoms with van der Waals surface area (Å²) in [5, 5.41) is 12.2. The smallest absolute Gasteiger partial charge is 0.125 e. The maximum absolute atomic E-state index is 8.97. The van der Waals surface area contributed by atoms with Crippen LogP contribution in [0.4, 0.5) is 5.69 Å². The van der Waals surface area contributed by atoms with Gasteiger partial charge in [0, 0.05) is 18.1 Å². The van der Waals surface area contributed by atoms with Crippen LogP contribution in [-0.2, 0) is 13.2 Å². The molecule has 0 aliphatic rings. The van der Waals surface area contributed by atoms with Crippen LogP contribution in [0.15, 0.2) is 36.7 Å². The third-order valence-corrected chi connectivity index (χ3v) is 2.12. The van der Waals surface area contributed by atoms with Crippen molar-refractivity contribution in [3.05, 3.63) is 48.0 Å². The highest BCUT2D eigenvalue weighted by Crippen LogP contribution is 2.11. The zero-order valence-corrected chi connectivity index (χ0v) is 8.27. The van der Waals surface area contributed by atoms with Gasteiger partial charge >= 0.3 is 0 Å². The molecule has 4 heteroatoms. The van der Waals surface area contributed by atoms with Crippen LogP contribution in [0.3, 0.4) is 0 Å². The van der Waals surface area contributed by atoms with E-state index < -0.39 is 0 Å². The Morgan fingerprint density at radius 3 is 3.07 bits per heavy atom. The van der Waals surface area contributed by atoms with Gasteiger partial charge in [-0.15, -0.1) is 0 Å². The van der Waals surface area contributed by atoms with Crippen LogP contribution in [0.25, 0.3) is 0 Å². The highest BCUT2D eigenvalue weighted by molar-refractivity contribution is 5.45. The van der Waals surface area contributed by atoms with Crippen molar-refractivity contribution >= 4 is 5.69 Å². The van der Waals surface area contributed by atoms with Crippen molar-refractivity contribution in [3.63, 3.8) is 0 Å². The summed E-state index contributed by atoms with van der Waals surface area (Å²) < 4.78 is 0. The number of rotatable bonds is 4. The lowest BCUT2D eigenvalue weighted by molar-refractivity contribution is 0.282. The lowest BCUT2D eigenvalue weighted by Gasteiger charge is -2.05. The first-order chi connectivity index (χ1) is 7.38. The Morgan fingerprint density at radius 2 is 2.33 bits per heavy atom. The van der Waals surface area contributed by atoms with E-state index in [1.165, 1.54) is 0 Å². The molecule has 1 aromatic heterocycles. The number of benzene rings is 1. The zero-order valence-electron chi connectivity index (χ0n) is 8.27. The van der Waals surface area contributed by atoms with Gasteiger partial charge in [0.2, 0.25) is 0 Å². The molecule has 2 aromatic rings. The van der Waals surface area contributed by atoms with E-state index in [2.05, 4.69) is 15.3 Å². The van der Waals surface area contributed by atoms with Crippen LogP contribution >= 0.6 is 0 Å². The van der Waals surface area contributed by atoms with E-state index in [0.717, 1.165) is 17.1 Å². The molecule has 0 fully saturated rings. The molecular formula is C11H13N3O. The van der Waals surface area contributed by atoms with Gasteiger partial charge in [-0.2, -0.15) is 0 Å². The van der Waals surface area contributed by atoms with E-state index in [1.54, 1.807) is 12.4 Å². The predicted octanol–water partition coefficient (Wildman–Crippen LogP) is 1.51. The Morgan fingerprint density at radius 1 is 1.40 bits per heavy atom. The number of hydrogen-bond acceptors (Lipinski definition) is 3. The summed E-state index contributed by atoms with van der Waals surface area (Å²) in [5.74, 6) is 0.893. The Hall–Kier alpha value is -1.81. The van der Waals surface area contributed by atoms with Crippen LogP contribution in [0.5, 0.6) is 0 Å². The van der Waals surface area contributed by atoms with Gasteiger partial charge < -0.3 is 15.4 Å². The number of imidazole rings is 1. The standard InChI is InChI=1S/C11H13N3O/c15-8-9-2-1-3-10(6-9)14-7-11-12-4-5-13-11/h1-6,14-15H,7-8H2,(H,12,13). The number of nitrogens with one attached hydrogen (secondary N) is 2. The van der Waals surface area contributed by atoms with Crippen LogP contribution < -0.4 is 5.32 Å². The molecular weight excluding hydrogens is 190 g/mol. The minimum absolute atomic E-state index is 0.0657. The van der Waals surface area contributed by atoms with Gasteiger partial charge in [-0.3, -0.25) is 0 Å². The van der Waals surface area contributed by atoms with Gasteiger partial charge in [0.05, 0.1) is 13.2 Å². The summed E-state index contributed by atoms with van der Waals surface area (Å²) in [4.78, 5) is 7.12. The molecule has 2 rings (SSSR count). The highest BCUT2D eigenvalue weighted by atomic mass is 16.3. The first-order valence-electron chi connectivity index (χ1n) is 4.80. The Labute approximate surface area is 88.0 Å². The SMILES string of the molecule is OCc1cccc(NCc2ncc[nH]2)c1. The van der Waals surface area contributed by atoms with Crippen LogP contribution in [-0.4, -0.2) is 15.1 Å². The minimum atomic E-state index is 0.0657. The fourth-order valence-electron chi connectivity index (χ4n) is 1.36. The first-order valence-corrected chi connectivity index (χ1v) is 4.80. The molecule has 1 heterocycles. The number of H-pyrrole nitrogens is 1. The van der Waals surface area contributed by atoms with Crippen LogP contribution in [0.1, 0.15) is 11.4 Å². The second kappa shape index (κ2) is 4.61. The molecule has 15 heavy (non-hydrogen) atoms. The second-order valence-corrected chi connectivity index (χ2v) is 3.25. The van der Waals surface area contributed by atoms with Gasteiger partial charge in [-0.25, -0.2) is 4.98 Å². The Balaban J connectivity index is 1.98. The molecule has 0 amide bonds. The molecule has 4 nitrogen and oxygen atoms in total. The van der Waals surface area contributed by atoms with Gasteiger partial charge in [0.1, 0.15) is 5.82 Å². The van der Waals surface area contributed by atoms with E-state index in [4.69, 9.17) is 5.11 Å². The molecule has 0 bridgehead atoms. The lowest BCUT2D eigenvalue weighted by atomic mass is 10.2. The molecule has 3 N–H and O–H groups in total. The van der Waals surface area contributed by atoms with Gasteiger partial charge in [0.25, 0.3) is 0 Å². The summed E-state index contributed by atoms with van der Waals surface area (Å²) in [5.41, 5.74) is 1.89. The van der Waals surface area contributed by atoms with Crippen LogP contribution in [0, 0.1) is 0 Å². The fraction of sp³-hybridized carbons (Fsp3) is 0.182. The van der Waals surface area contributed by atoms with Gasteiger partial charge in [0.15, 0.2) is 0 Å². The number of aliphatic hydroxyl groups is 1. The minimum Gasteiger partial charge on any atom is -0.392 e. The maximum Gasteiger partial charge on any atom is 0.125 e. The summed E-state index contributed by atoms with van der Waals surface area (Å²) in [6.45, 7) is 0.720. The highest BCUT2D eigenvalue weighted by Gasteiger charge is 1.96.